The Labute approximate surface area is 152 Å². The van der Waals surface area contributed by atoms with E-state index in [0.29, 0.717) is 0 Å². The summed E-state index contributed by atoms with van der Waals surface area (Å²) in [5.74, 6) is -1.66. The number of aliphatic carboxylic acids is 1. The highest BCUT2D eigenvalue weighted by molar-refractivity contribution is 5.87. The van der Waals surface area contributed by atoms with Crippen molar-refractivity contribution in [1.29, 1.82) is 0 Å². The highest BCUT2D eigenvalue weighted by atomic mass is 16.4. The fourth-order valence-corrected chi connectivity index (χ4v) is 2.54. The lowest BCUT2D eigenvalue weighted by atomic mass is 9.96. The van der Waals surface area contributed by atoms with Crippen molar-refractivity contribution >= 4 is 28.7 Å². The first-order chi connectivity index (χ1) is 12.2. The smallest absolute Gasteiger partial charge is 0.326 e. The maximum Gasteiger partial charge on any atom is 0.326 e. The third kappa shape index (κ3) is 5.08. The molecule has 0 aliphatic heterocycles. The number of benzene rings is 1. The van der Waals surface area contributed by atoms with Crippen LogP contribution in [-0.2, 0) is 20.8 Å². The van der Waals surface area contributed by atoms with E-state index in [4.69, 9.17) is 0 Å². The van der Waals surface area contributed by atoms with Crippen LogP contribution in [0.3, 0.4) is 0 Å². The summed E-state index contributed by atoms with van der Waals surface area (Å²) in [6.45, 7) is 5.51. The molecular weight excluding hydrogens is 334 g/mol. The van der Waals surface area contributed by atoms with Gasteiger partial charge in [0.1, 0.15) is 6.04 Å². The number of para-hydroxylation sites is 1. The van der Waals surface area contributed by atoms with Gasteiger partial charge in [-0.25, -0.2) is 4.79 Å². The molecule has 1 unspecified atom stereocenters. The Morgan fingerprint density at radius 3 is 2.54 bits per heavy atom. The van der Waals surface area contributed by atoms with E-state index in [9.17, 15) is 19.5 Å². The van der Waals surface area contributed by atoms with Gasteiger partial charge < -0.3 is 20.7 Å². The van der Waals surface area contributed by atoms with Gasteiger partial charge in [0.05, 0.1) is 0 Å². The van der Waals surface area contributed by atoms with E-state index in [2.05, 4.69) is 15.6 Å². The standard InChI is InChI=1S/C19H25N3O4/c1-19(2,3)18(26)20-9-8-16(23)22-15(17(24)25)10-12-11-21-14-7-5-4-6-13(12)14/h4-7,11,15,21H,8-10H2,1-3H3,(H,20,26)(H,22,23)(H,24,25). The second kappa shape index (κ2) is 8.03. The number of aromatic nitrogens is 1. The van der Waals surface area contributed by atoms with Crippen molar-refractivity contribution in [2.24, 2.45) is 5.41 Å². The third-order valence-electron chi connectivity index (χ3n) is 4.05. The van der Waals surface area contributed by atoms with E-state index >= 15 is 0 Å². The molecule has 2 amide bonds. The molecule has 1 aromatic carbocycles. The summed E-state index contributed by atoms with van der Waals surface area (Å²) in [7, 11) is 0. The van der Waals surface area contributed by atoms with Crippen molar-refractivity contribution < 1.29 is 19.5 Å². The molecule has 0 aliphatic carbocycles. The van der Waals surface area contributed by atoms with Crippen molar-refractivity contribution in [3.05, 3.63) is 36.0 Å². The summed E-state index contributed by atoms with van der Waals surface area (Å²) in [6.07, 6.45) is 1.97. The van der Waals surface area contributed by atoms with Gasteiger partial charge in [0, 0.05) is 41.9 Å². The number of fused-ring (bicyclic) bond motifs is 1. The van der Waals surface area contributed by atoms with Crippen LogP contribution in [0.15, 0.2) is 30.5 Å². The molecule has 0 radical (unpaired) electrons. The SMILES string of the molecule is CC(C)(C)C(=O)NCCC(=O)NC(Cc1c[nH]c2ccccc12)C(=O)O. The highest BCUT2D eigenvalue weighted by Crippen LogP contribution is 2.19. The number of carboxylic acids is 1. The van der Waals surface area contributed by atoms with E-state index in [-0.39, 0.29) is 25.3 Å². The molecule has 0 aliphatic rings. The van der Waals surface area contributed by atoms with Gasteiger partial charge in [0.25, 0.3) is 0 Å². The van der Waals surface area contributed by atoms with Gasteiger partial charge >= 0.3 is 5.97 Å². The second-order valence-electron chi connectivity index (χ2n) is 7.28. The zero-order valence-electron chi connectivity index (χ0n) is 15.3. The summed E-state index contributed by atoms with van der Waals surface area (Å²) < 4.78 is 0. The minimum Gasteiger partial charge on any atom is -0.480 e. The van der Waals surface area contributed by atoms with Crippen LogP contribution in [0.5, 0.6) is 0 Å². The van der Waals surface area contributed by atoms with Crippen molar-refractivity contribution in [1.82, 2.24) is 15.6 Å². The quantitative estimate of drug-likeness (QED) is 0.604. The number of hydrogen-bond donors (Lipinski definition) is 4. The summed E-state index contributed by atoms with van der Waals surface area (Å²) >= 11 is 0. The number of carbonyl (C=O) groups excluding carboxylic acids is 2. The normalized spacial score (nSPS) is 12.6. The monoisotopic (exact) mass is 359 g/mol. The fraction of sp³-hybridized carbons (Fsp3) is 0.421. The Balaban J connectivity index is 1.93. The fourth-order valence-electron chi connectivity index (χ4n) is 2.54. The van der Waals surface area contributed by atoms with Crippen LogP contribution in [0.4, 0.5) is 0 Å². The Morgan fingerprint density at radius 1 is 1.19 bits per heavy atom. The van der Waals surface area contributed by atoms with E-state index in [1.807, 2.05) is 24.3 Å². The molecule has 7 nitrogen and oxygen atoms in total. The summed E-state index contributed by atoms with van der Waals surface area (Å²) in [5.41, 5.74) is 1.22. The number of hydrogen-bond acceptors (Lipinski definition) is 3. The number of H-pyrrole nitrogens is 1. The molecule has 0 spiro atoms. The lowest BCUT2D eigenvalue weighted by molar-refractivity contribution is -0.141. The van der Waals surface area contributed by atoms with Crippen LogP contribution in [0, 0.1) is 5.41 Å². The predicted molar refractivity (Wildman–Crippen MR) is 98.7 cm³/mol. The minimum absolute atomic E-state index is 0.0273. The van der Waals surface area contributed by atoms with Crippen LogP contribution in [0.2, 0.25) is 0 Å². The average Bonchev–Trinajstić information content (AvgIpc) is 2.96. The van der Waals surface area contributed by atoms with Crippen molar-refractivity contribution in [3.63, 3.8) is 0 Å². The van der Waals surface area contributed by atoms with E-state index < -0.39 is 23.3 Å². The summed E-state index contributed by atoms with van der Waals surface area (Å²) in [4.78, 5) is 38.4. The number of amides is 2. The number of carboxylic acid groups (broad SMARTS) is 1. The third-order valence-corrected chi connectivity index (χ3v) is 4.05. The predicted octanol–water partition coefficient (Wildman–Crippen LogP) is 1.83. The summed E-state index contributed by atoms with van der Waals surface area (Å²) in [6, 6.07) is 6.56. The van der Waals surface area contributed by atoms with Crippen molar-refractivity contribution in [2.45, 2.75) is 39.7 Å². The van der Waals surface area contributed by atoms with Gasteiger partial charge in [0.15, 0.2) is 0 Å². The molecule has 1 atom stereocenters. The maximum atomic E-state index is 12.0. The molecule has 140 valence electrons. The first-order valence-corrected chi connectivity index (χ1v) is 8.54. The molecule has 0 fully saturated rings. The van der Waals surface area contributed by atoms with Crippen molar-refractivity contribution in [2.75, 3.05) is 6.54 Å². The van der Waals surface area contributed by atoms with Crippen molar-refractivity contribution in [3.8, 4) is 0 Å². The zero-order valence-corrected chi connectivity index (χ0v) is 15.3. The molecule has 0 saturated carbocycles. The van der Waals surface area contributed by atoms with Crippen LogP contribution in [0.1, 0.15) is 32.8 Å². The van der Waals surface area contributed by atoms with Crippen LogP contribution < -0.4 is 10.6 Å². The highest BCUT2D eigenvalue weighted by Gasteiger charge is 2.23. The first kappa shape index (κ1) is 19.5. The van der Waals surface area contributed by atoms with Crippen LogP contribution in [0.25, 0.3) is 10.9 Å². The molecule has 4 N–H and O–H groups in total. The summed E-state index contributed by atoms with van der Waals surface area (Å²) in [5, 5.41) is 15.6. The lowest BCUT2D eigenvalue weighted by Crippen LogP contribution is -2.44. The van der Waals surface area contributed by atoms with Crippen LogP contribution in [-0.4, -0.2) is 40.5 Å². The van der Waals surface area contributed by atoms with Gasteiger partial charge in [-0.15, -0.1) is 0 Å². The number of nitrogens with one attached hydrogen (secondary N) is 3. The van der Waals surface area contributed by atoms with Gasteiger partial charge in [-0.05, 0) is 11.6 Å². The first-order valence-electron chi connectivity index (χ1n) is 8.54. The van der Waals surface area contributed by atoms with Gasteiger partial charge in [-0.2, -0.15) is 0 Å². The molecule has 26 heavy (non-hydrogen) atoms. The van der Waals surface area contributed by atoms with E-state index in [0.717, 1.165) is 16.5 Å². The molecule has 1 aromatic heterocycles. The Hall–Kier alpha value is -2.83. The molecule has 0 bridgehead atoms. The molecule has 2 aromatic rings. The number of aromatic amines is 1. The average molecular weight is 359 g/mol. The molecule has 7 heteroatoms. The Kier molecular flexibility index (Phi) is 6.02. The molecule has 2 rings (SSSR count). The minimum atomic E-state index is -1.10. The largest absolute Gasteiger partial charge is 0.480 e. The molecule has 1 heterocycles. The molecule has 0 saturated heterocycles. The zero-order chi connectivity index (χ0) is 19.3. The topological polar surface area (TPSA) is 111 Å². The number of rotatable bonds is 7. The molecular formula is C19H25N3O4. The van der Waals surface area contributed by atoms with Gasteiger partial charge in [0.2, 0.25) is 11.8 Å². The van der Waals surface area contributed by atoms with Crippen LogP contribution >= 0.6 is 0 Å². The van der Waals surface area contributed by atoms with Gasteiger partial charge in [-0.1, -0.05) is 39.0 Å². The van der Waals surface area contributed by atoms with E-state index in [1.165, 1.54) is 0 Å². The van der Waals surface area contributed by atoms with E-state index in [1.54, 1.807) is 27.0 Å². The number of carbonyl (C=O) groups is 3. The second-order valence-corrected chi connectivity index (χ2v) is 7.28. The Morgan fingerprint density at radius 2 is 1.88 bits per heavy atom. The van der Waals surface area contributed by atoms with Gasteiger partial charge in [-0.3, -0.25) is 9.59 Å². The lowest BCUT2D eigenvalue weighted by Gasteiger charge is -2.18. The maximum absolute atomic E-state index is 12.0. The Bertz CT molecular complexity index is 804.